The van der Waals surface area contributed by atoms with Crippen LogP contribution in [0.5, 0.6) is 0 Å². The van der Waals surface area contributed by atoms with Crippen molar-refractivity contribution in [3.63, 3.8) is 0 Å². The van der Waals surface area contributed by atoms with Gasteiger partial charge in [-0.2, -0.15) is 13.2 Å². The molecule has 0 fully saturated rings. The molecular formula is C19H9Cl2F5N2O. The standard InChI is InChI=1S/C19H9Cl2F5N2O/c20-14-5-9(22)1-2-11(14)12-7-15(21)13(8-16(12)23)18(29)28-10-3-4-27-17(6-10)19(24,25)26/h1-8H,(H,27,28,29). The fraction of sp³-hybridized carbons (Fsp3) is 0.0526. The molecule has 150 valence electrons. The molecule has 0 aliphatic heterocycles. The molecule has 1 heterocycles. The Labute approximate surface area is 171 Å². The highest BCUT2D eigenvalue weighted by atomic mass is 35.5. The lowest BCUT2D eigenvalue weighted by atomic mass is 10.0. The van der Waals surface area contributed by atoms with E-state index in [1.165, 1.54) is 6.07 Å². The molecule has 0 saturated carbocycles. The van der Waals surface area contributed by atoms with Gasteiger partial charge >= 0.3 is 6.18 Å². The Morgan fingerprint density at radius 2 is 1.66 bits per heavy atom. The number of hydrogen-bond acceptors (Lipinski definition) is 2. The van der Waals surface area contributed by atoms with Crippen LogP contribution in [0.4, 0.5) is 27.6 Å². The first-order valence-corrected chi connectivity index (χ1v) is 8.61. The molecule has 3 nitrogen and oxygen atoms in total. The molecule has 0 aliphatic carbocycles. The van der Waals surface area contributed by atoms with Gasteiger partial charge in [0.1, 0.15) is 17.3 Å². The van der Waals surface area contributed by atoms with Crippen molar-refractivity contribution in [3.8, 4) is 11.1 Å². The fourth-order valence-corrected chi connectivity index (χ4v) is 3.02. The van der Waals surface area contributed by atoms with Crippen molar-refractivity contribution in [2.75, 3.05) is 5.32 Å². The summed E-state index contributed by atoms with van der Waals surface area (Å²) in [6.45, 7) is 0. The largest absolute Gasteiger partial charge is 0.433 e. The van der Waals surface area contributed by atoms with Crippen LogP contribution in [-0.4, -0.2) is 10.9 Å². The van der Waals surface area contributed by atoms with Crippen LogP contribution >= 0.6 is 23.2 Å². The second-order valence-corrected chi connectivity index (χ2v) is 6.63. The first kappa shape index (κ1) is 21.0. The van der Waals surface area contributed by atoms with Gasteiger partial charge < -0.3 is 5.32 Å². The third-order valence-electron chi connectivity index (χ3n) is 3.83. The Kier molecular flexibility index (Phi) is 5.77. The Balaban J connectivity index is 1.92. The maximum absolute atomic E-state index is 14.6. The van der Waals surface area contributed by atoms with Crippen molar-refractivity contribution < 1.29 is 26.7 Å². The minimum Gasteiger partial charge on any atom is -0.322 e. The summed E-state index contributed by atoms with van der Waals surface area (Å²) < 4.78 is 65.9. The van der Waals surface area contributed by atoms with Crippen molar-refractivity contribution in [2.45, 2.75) is 6.18 Å². The number of hydrogen-bond donors (Lipinski definition) is 1. The molecule has 2 aromatic carbocycles. The van der Waals surface area contributed by atoms with Gasteiger partial charge in [-0.3, -0.25) is 9.78 Å². The average molecular weight is 447 g/mol. The first-order valence-electron chi connectivity index (χ1n) is 7.85. The molecule has 0 radical (unpaired) electrons. The van der Waals surface area contributed by atoms with Gasteiger partial charge in [-0.1, -0.05) is 23.2 Å². The highest BCUT2D eigenvalue weighted by molar-refractivity contribution is 6.35. The molecule has 0 spiro atoms. The van der Waals surface area contributed by atoms with Crippen LogP contribution in [0.1, 0.15) is 16.1 Å². The molecule has 1 aromatic heterocycles. The summed E-state index contributed by atoms with van der Waals surface area (Å²) in [5, 5.41) is 1.97. The number of nitrogens with zero attached hydrogens (tertiary/aromatic N) is 1. The molecular weight excluding hydrogens is 438 g/mol. The summed E-state index contributed by atoms with van der Waals surface area (Å²) in [5.74, 6) is -2.42. The van der Waals surface area contributed by atoms with Gasteiger partial charge in [-0.15, -0.1) is 0 Å². The van der Waals surface area contributed by atoms with Gasteiger partial charge in [-0.25, -0.2) is 8.78 Å². The van der Waals surface area contributed by atoms with Crippen LogP contribution in [0.2, 0.25) is 10.0 Å². The van der Waals surface area contributed by atoms with E-state index in [4.69, 9.17) is 23.2 Å². The number of anilines is 1. The summed E-state index contributed by atoms with van der Waals surface area (Å²) in [6.07, 6.45) is -3.82. The zero-order valence-corrected chi connectivity index (χ0v) is 15.6. The highest BCUT2D eigenvalue weighted by Crippen LogP contribution is 2.34. The summed E-state index contributed by atoms with van der Waals surface area (Å²) in [6, 6.07) is 7.04. The van der Waals surface area contributed by atoms with Crippen LogP contribution in [0.3, 0.4) is 0 Å². The van der Waals surface area contributed by atoms with Crippen molar-refractivity contribution in [1.29, 1.82) is 0 Å². The molecule has 0 atom stereocenters. The number of halogens is 7. The van der Waals surface area contributed by atoms with Crippen molar-refractivity contribution in [3.05, 3.63) is 81.6 Å². The third-order valence-corrected chi connectivity index (χ3v) is 4.46. The Morgan fingerprint density at radius 1 is 0.931 bits per heavy atom. The third kappa shape index (κ3) is 4.65. The van der Waals surface area contributed by atoms with E-state index in [0.29, 0.717) is 6.07 Å². The lowest BCUT2D eigenvalue weighted by Crippen LogP contribution is -2.15. The van der Waals surface area contributed by atoms with Crippen LogP contribution in [-0.2, 0) is 6.18 Å². The Bertz CT molecular complexity index is 1100. The smallest absolute Gasteiger partial charge is 0.322 e. The number of benzene rings is 2. The molecule has 3 rings (SSSR count). The number of pyridine rings is 1. The van der Waals surface area contributed by atoms with Crippen LogP contribution in [0, 0.1) is 11.6 Å². The molecule has 0 unspecified atom stereocenters. The van der Waals surface area contributed by atoms with Gasteiger partial charge in [0.05, 0.1) is 15.6 Å². The number of carbonyl (C=O) groups excluding carboxylic acids is 1. The number of carbonyl (C=O) groups is 1. The van der Waals surface area contributed by atoms with E-state index in [-0.39, 0.29) is 32.4 Å². The van der Waals surface area contributed by atoms with E-state index < -0.39 is 29.4 Å². The van der Waals surface area contributed by atoms with E-state index in [1.54, 1.807) is 0 Å². The summed E-state index contributed by atoms with van der Waals surface area (Å²) in [5.41, 5.74) is -1.62. The highest BCUT2D eigenvalue weighted by Gasteiger charge is 2.32. The van der Waals surface area contributed by atoms with Gasteiger partial charge in [0, 0.05) is 23.0 Å². The molecule has 1 amide bonds. The molecule has 10 heteroatoms. The number of aromatic nitrogens is 1. The van der Waals surface area contributed by atoms with Crippen molar-refractivity contribution in [1.82, 2.24) is 4.98 Å². The number of rotatable bonds is 3. The number of amides is 1. The normalized spacial score (nSPS) is 11.4. The van der Waals surface area contributed by atoms with E-state index in [0.717, 1.165) is 36.5 Å². The Morgan fingerprint density at radius 3 is 2.31 bits per heavy atom. The summed E-state index contributed by atoms with van der Waals surface area (Å²) >= 11 is 12.0. The molecule has 0 saturated heterocycles. The van der Waals surface area contributed by atoms with Crippen molar-refractivity contribution >= 4 is 34.8 Å². The van der Waals surface area contributed by atoms with E-state index in [1.807, 2.05) is 0 Å². The fourth-order valence-electron chi connectivity index (χ4n) is 2.50. The van der Waals surface area contributed by atoms with Crippen LogP contribution in [0.25, 0.3) is 11.1 Å². The van der Waals surface area contributed by atoms with Crippen LogP contribution < -0.4 is 5.32 Å². The predicted octanol–water partition coefficient (Wildman–Crippen LogP) is 6.60. The minimum absolute atomic E-state index is 0.0615. The van der Waals surface area contributed by atoms with Crippen LogP contribution in [0.15, 0.2) is 48.7 Å². The van der Waals surface area contributed by atoms with Crippen molar-refractivity contribution in [2.24, 2.45) is 0 Å². The zero-order valence-electron chi connectivity index (χ0n) is 14.1. The summed E-state index contributed by atoms with van der Waals surface area (Å²) in [7, 11) is 0. The minimum atomic E-state index is -4.69. The maximum atomic E-state index is 14.6. The maximum Gasteiger partial charge on any atom is 0.433 e. The van der Waals surface area contributed by atoms with E-state index in [2.05, 4.69) is 10.3 Å². The molecule has 3 aromatic rings. The predicted molar refractivity (Wildman–Crippen MR) is 99.0 cm³/mol. The molecule has 1 N–H and O–H groups in total. The Hall–Kier alpha value is -2.71. The topological polar surface area (TPSA) is 42.0 Å². The van der Waals surface area contributed by atoms with Gasteiger partial charge in [-0.05, 0) is 42.5 Å². The van der Waals surface area contributed by atoms with Gasteiger partial charge in [0.25, 0.3) is 5.91 Å². The van der Waals surface area contributed by atoms with Gasteiger partial charge in [0.15, 0.2) is 0 Å². The van der Waals surface area contributed by atoms with E-state index >= 15 is 0 Å². The first-order chi connectivity index (χ1) is 13.6. The lowest BCUT2D eigenvalue weighted by Gasteiger charge is -2.12. The second kappa shape index (κ2) is 7.96. The number of nitrogens with one attached hydrogen (secondary N) is 1. The van der Waals surface area contributed by atoms with Gasteiger partial charge in [0.2, 0.25) is 0 Å². The molecule has 29 heavy (non-hydrogen) atoms. The number of alkyl halides is 3. The molecule has 0 bridgehead atoms. The lowest BCUT2D eigenvalue weighted by molar-refractivity contribution is -0.141. The summed E-state index contributed by atoms with van der Waals surface area (Å²) in [4.78, 5) is 15.5. The SMILES string of the molecule is O=C(Nc1ccnc(C(F)(F)F)c1)c1cc(F)c(-c2ccc(F)cc2Cl)cc1Cl. The average Bonchev–Trinajstić information content (AvgIpc) is 2.63. The molecule has 0 aliphatic rings. The second-order valence-electron chi connectivity index (χ2n) is 5.82. The monoisotopic (exact) mass is 446 g/mol. The van der Waals surface area contributed by atoms with E-state index in [9.17, 15) is 26.7 Å². The zero-order chi connectivity index (χ0) is 21.3. The quantitative estimate of drug-likeness (QED) is 0.460.